The lowest BCUT2D eigenvalue weighted by atomic mass is 10.1. The number of rotatable bonds is 4. The van der Waals surface area contributed by atoms with Gasteiger partial charge in [0.25, 0.3) is 5.56 Å². The molecular weight excluding hydrogens is 242 g/mol. The van der Waals surface area contributed by atoms with E-state index in [9.17, 15) is 9.59 Å². The van der Waals surface area contributed by atoms with Crippen molar-refractivity contribution in [2.24, 2.45) is 0 Å². The van der Waals surface area contributed by atoms with E-state index in [-0.39, 0.29) is 23.7 Å². The molecule has 0 aliphatic rings. The zero-order chi connectivity index (χ0) is 14.0. The number of ketones is 1. The zero-order valence-corrected chi connectivity index (χ0v) is 11.4. The van der Waals surface area contributed by atoms with Crippen LogP contribution in [0.4, 0.5) is 0 Å². The molecule has 0 saturated carbocycles. The van der Waals surface area contributed by atoms with Crippen molar-refractivity contribution in [1.29, 1.82) is 0 Å². The number of carbonyl (C=O) groups excluding carboxylic acids is 1. The molecule has 19 heavy (non-hydrogen) atoms. The van der Waals surface area contributed by atoms with Crippen LogP contribution in [0, 0.1) is 6.92 Å². The normalized spacial score (nSPS) is 10.7. The molecule has 1 aromatic carbocycles. The highest BCUT2D eigenvalue weighted by molar-refractivity contribution is 5.81. The van der Waals surface area contributed by atoms with E-state index in [1.165, 1.54) is 6.92 Å². The quantitative estimate of drug-likeness (QED) is 0.846. The Morgan fingerprint density at radius 1 is 1.32 bits per heavy atom. The van der Waals surface area contributed by atoms with Crippen LogP contribution >= 0.6 is 0 Å². The summed E-state index contributed by atoms with van der Waals surface area (Å²) in [5, 5.41) is 0.944. The van der Waals surface area contributed by atoms with E-state index in [1.807, 2.05) is 32.0 Å². The third-order valence-electron chi connectivity index (χ3n) is 2.96. The molecule has 0 atom stereocenters. The number of fused-ring (bicyclic) bond motifs is 1. The molecule has 1 heterocycles. The fraction of sp³-hybridized carbons (Fsp3) is 0.333. The summed E-state index contributed by atoms with van der Waals surface area (Å²) in [6.07, 6.45) is 0. The topological polar surface area (TPSA) is 48.3 Å². The lowest BCUT2D eigenvalue weighted by molar-refractivity contribution is -0.118. The second-order valence-corrected chi connectivity index (χ2v) is 4.61. The molecule has 0 fully saturated rings. The molecule has 0 aliphatic carbocycles. The molecule has 0 bridgehead atoms. The standard InChI is InChI=1S/C15H17NO3/c1-4-16-13-6-5-10(2)7-12(13)8-14(15(16)18)19-9-11(3)17/h5-8H,4,9H2,1-3H3. The maximum Gasteiger partial charge on any atom is 0.293 e. The lowest BCUT2D eigenvalue weighted by Crippen LogP contribution is -2.23. The van der Waals surface area contributed by atoms with Crippen molar-refractivity contribution in [3.05, 3.63) is 40.2 Å². The van der Waals surface area contributed by atoms with Crippen LogP contribution in [0.3, 0.4) is 0 Å². The molecule has 0 spiro atoms. The minimum absolute atomic E-state index is 0.0731. The van der Waals surface area contributed by atoms with Crippen LogP contribution < -0.4 is 10.3 Å². The van der Waals surface area contributed by atoms with Gasteiger partial charge in [0.05, 0.1) is 5.52 Å². The second-order valence-electron chi connectivity index (χ2n) is 4.61. The first-order valence-electron chi connectivity index (χ1n) is 6.29. The predicted molar refractivity (Wildman–Crippen MR) is 74.8 cm³/mol. The number of nitrogens with zero attached hydrogens (tertiary/aromatic N) is 1. The van der Waals surface area contributed by atoms with Crippen LogP contribution in [-0.2, 0) is 11.3 Å². The molecule has 0 N–H and O–H groups in total. The van der Waals surface area contributed by atoms with Crippen molar-refractivity contribution in [2.75, 3.05) is 6.61 Å². The van der Waals surface area contributed by atoms with Crippen LogP contribution in [0.15, 0.2) is 29.1 Å². The van der Waals surface area contributed by atoms with Crippen LogP contribution in [0.1, 0.15) is 19.4 Å². The predicted octanol–water partition coefficient (Wildman–Crippen LogP) is 2.30. The Labute approximate surface area is 111 Å². The number of pyridine rings is 1. The third kappa shape index (κ3) is 2.67. The molecule has 100 valence electrons. The Kier molecular flexibility index (Phi) is 3.69. The van der Waals surface area contributed by atoms with Gasteiger partial charge >= 0.3 is 0 Å². The van der Waals surface area contributed by atoms with Crippen LogP contribution in [0.5, 0.6) is 5.75 Å². The van der Waals surface area contributed by atoms with Gasteiger partial charge in [0.15, 0.2) is 11.5 Å². The first kappa shape index (κ1) is 13.3. The van der Waals surface area contributed by atoms with E-state index in [4.69, 9.17) is 4.74 Å². The molecule has 4 nitrogen and oxygen atoms in total. The van der Waals surface area contributed by atoms with Crippen LogP contribution in [0.25, 0.3) is 10.9 Å². The summed E-state index contributed by atoms with van der Waals surface area (Å²) in [5.41, 5.74) is 1.81. The van der Waals surface area contributed by atoms with Gasteiger partial charge in [-0.05, 0) is 39.0 Å². The Hall–Kier alpha value is -2.10. The number of hydrogen-bond acceptors (Lipinski definition) is 3. The first-order valence-corrected chi connectivity index (χ1v) is 6.29. The highest BCUT2D eigenvalue weighted by Gasteiger charge is 2.10. The highest BCUT2D eigenvalue weighted by atomic mass is 16.5. The second kappa shape index (κ2) is 5.26. The fourth-order valence-electron chi connectivity index (χ4n) is 2.08. The van der Waals surface area contributed by atoms with E-state index in [0.717, 1.165) is 16.5 Å². The molecule has 2 aromatic rings. The smallest absolute Gasteiger partial charge is 0.293 e. The summed E-state index contributed by atoms with van der Waals surface area (Å²) in [7, 11) is 0. The van der Waals surface area contributed by atoms with E-state index in [0.29, 0.717) is 6.54 Å². The first-order chi connectivity index (χ1) is 9.02. The zero-order valence-electron chi connectivity index (χ0n) is 11.4. The maximum absolute atomic E-state index is 12.2. The van der Waals surface area contributed by atoms with E-state index < -0.39 is 0 Å². The summed E-state index contributed by atoms with van der Waals surface area (Å²) >= 11 is 0. The number of aryl methyl sites for hydroxylation is 2. The van der Waals surface area contributed by atoms with Gasteiger partial charge in [0.1, 0.15) is 6.61 Å². The van der Waals surface area contributed by atoms with Crippen molar-refractivity contribution in [1.82, 2.24) is 4.57 Å². The number of carbonyl (C=O) groups is 1. The van der Waals surface area contributed by atoms with Gasteiger partial charge < -0.3 is 9.30 Å². The maximum atomic E-state index is 12.2. The summed E-state index contributed by atoms with van der Waals surface area (Å²) in [6, 6.07) is 7.62. The number of hydrogen-bond donors (Lipinski definition) is 0. The Balaban J connectivity index is 2.62. The molecule has 0 amide bonds. The fourth-order valence-corrected chi connectivity index (χ4v) is 2.08. The summed E-state index contributed by atoms with van der Waals surface area (Å²) in [6.45, 7) is 5.84. The summed E-state index contributed by atoms with van der Waals surface area (Å²) in [5.74, 6) is 0.127. The van der Waals surface area contributed by atoms with Gasteiger partial charge in [-0.15, -0.1) is 0 Å². The molecule has 0 saturated heterocycles. The molecule has 0 radical (unpaired) electrons. The van der Waals surface area contributed by atoms with E-state index in [2.05, 4.69) is 0 Å². The molecule has 1 aromatic heterocycles. The van der Waals surface area contributed by atoms with Gasteiger partial charge in [-0.1, -0.05) is 11.6 Å². The lowest BCUT2D eigenvalue weighted by Gasteiger charge is -2.12. The van der Waals surface area contributed by atoms with Gasteiger partial charge in [-0.2, -0.15) is 0 Å². The van der Waals surface area contributed by atoms with Crippen LogP contribution in [0.2, 0.25) is 0 Å². The van der Waals surface area contributed by atoms with E-state index in [1.54, 1.807) is 10.6 Å². The van der Waals surface area contributed by atoms with Gasteiger partial charge in [-0.3, -0.25) is 9.59 Å². The molecule has 2 rings (SSSR count). The molecule has 0 aliphatic heterocycles. The SMILES string of the molecule is CCn1c(=O)c(OCC(C)=O)cc2cc(C)ccc21. The minimum atomic E-state index is -0.194. The number of ether oxygens (including phenoxy) is 1. The monoisotopic (exact) mass is 259 g/mol. The van der Waals surface area contributed by atoms with Crippen molar-refractivity contribution in [3.8, 4) is 5.75 Å². The Morgan fingerprint density at radius 3 is 2.68 bits per heavy atom. The molecule has 4 heteroatoms. The summed E-state index contributed by atoms with van der Waals surface area (Å²) in [4.78, 5) is 23.2. The third-order valence-corrected chi connectivity index (χ3v) is 2.96. The van der Waals surface area contributed by atoms with Gasteiger partial charge in [0, 0.05) is 11.9 Å². The summed E-state index contributed by atoms with van der Waals surface area (Å²) < 4.78 is 6.96. The van der Waals surface area contributed by atoms with E-state index >= 15 is 0 Å². The average Bonchev–Trinajstić information content (AvgIpc) is 2.36. The largest absolute Gasteiger partial charge is 0.480 e. The number of Topliss-reactive ketones (excluding diaryl/α,β-unsaturated/α-hetero) is 1. The average molecular weight is 259 g/mol. The van der Waals surface area contributed by atoms with Crippen molar-refractivity contribution < 1.29 is 9.53 Å². The van der Waals surface area contributed by atoms with Crippen LogP contribution in [-0.4, -0.2) is 17.0 Å². The Bertz CT molecular complexity index is 686. The Morgan fingerprint density at radius 2 is 2.05 bits per heavy atom. The molecular formula is C15H17NO3. The van der Waals surface area contributed by atoms with Crippen molar-refractivity contribution >= 4 is 16.7 Å². The highest BCUT2D eigenvalue weighted by Crippen LogP contribution is 2.19. The number of benzene rings is 1. The minimum Gasteiger partial charge on any atom is -0.480 e. The molecule has 0 unspecified atom stereocenters. The number of aromatic nitrogens is 1. The van der Waals surface area contributed by atoms with Gasteiger partial charge in [-0.25, -0.2) is 0 Å². The van der Waals surface area contributed by atoms with Crippen molar-refractivity contribution in [3.63, 3.8) is 0 Å². The van der Waals surface area contributed by atoms with Gasteiger partial charge in [0.2, 0.25) is 0 Å². The van der Waals surface area contributed by atoms with Crippen molar-refractivity contribution in [2.45, 2.75) is 27.3 Å².